The number of alkyl carbamates (subject to hydrolysis) is 1. The lowest BCUT2D eigenvalue weighted by atomic mass is 9.99. The Morgan fingerprint density at radius 2 is 2.05 bits per heavy atom. The molecule has 1 rings (SSSR count). The Hall–Kier alpha value is -1.71. The summed E-state index contributed by atoms with van der Waals surface area (Å²) >= 11 is 0. The van der Waals surface area contributed by atoms with Crippen molar-refractivity contribution in [3.8, 4) is 0 Å². The molecule has 1 amide bonds. The highest BCUT2D eigenvalue weighted by Gasteiger charge is 2.16. The number of benzene rings is 1. The Labute approximate surface area is 115 Å². The minimum atomic E-state index is -0.471. The molecule has 0 aliphatic carbocycles. The van der Waals surface area contributed by atoms with Crippen LogP contribution in [0.2, 0.25) is 0 Å². The molecule has 1 atom stereocenters. The van der Waals surface area contributed by atoms with E-state index in [-0.39, 0.29) is 12.0 Å². The van der Waals surface area contributed by atoms with Crippen molar-refractivity contribution in [3.63, 3.8) is 0 Å². The van der Waals surface area contributed by atoms with Crippen molar-refractivity contribution in [1.29, 1.82) is 0 Å². The van der Waals surface area contributed by atoms with Gasteiger partial charge in [-0.1, -0.05) is 19.1 Å². The number of ether oxygens (including phenoxy) is 1. The zero-order valence-corrected chi connectivity index (χ0v) is 12.4. The summed E-state index contributed by atoms with van der Waals surface area (Å²) < 4.78 is 5.19. The molecular formula is C15H24N2O2. The lowest BCUT2D eigenvalue weighted by Crippen LogP contribution is -2.34. The summed E-state index contributed by atoms with van der Waals surface area (Å²) in [6, 6.07) is 5.98. The summed E-state index contributed by atoms with van der Waals surface area (Å²) in [7, 11) is 0. The molecule has 1 aromatic rings. The second-order valence-electron chi connectivity index (χ2n) is 5.90. The van der Waals surface area contributed by atoms with Gasteiger partial charge in [0.15, 0.2) is 0 Å². The van der Waals surface area contributed by atoms with Gasteiger partial charge in [-0.25, -0.2) is 4.79 Å². The van der Waals surface area contributed by atoms with Crippen molar-refractivity contribution in [2.45, 2.75) is 46.1 Å². The lowest BCUT2D eigenvalue weighted by molar-refractivity contribution is 0.0525. The molecule has 106 valence electrons. The van der Waals surface area contributed by atoms with Crippen LogP contribution in [0.5, 0.6) is 0 Å². The number of rotatable bonds is 3. The van der Waals surface area contributed by atoms with E-state index < -0.39 is 5.60 Å². The van der Waals surface area contributed by atoms with Gasteiger partial charge in [0.2, 0.25) is 0 Å². The first-order valence-electron chi connectivity index (χ1n) is 6.52. The van der Waals surface area contributed by atoms with E-state index in [1.165, 1.54) is 0 Å². The monoisotopic (exact) mass is 264 g/mol. The van der Waals surface area contributed by atoms with Gasteiger partial charge < -0.3 is 15.8 Å². The number of nitrogens with one attached hydrogen (secondary N) is 1. The van der Waals surface area contributed by atoms with E-state index in [4.69, 9.17) is 10.5 Å². The number of nitrogens with two attached hydrogens (primary N) is 1. The van der Waals surface area contributed by atoms with Gasteiger partial charge in [-0.05, 0) is 50.8 Å². The Bertz CT molecular complexity index is 450. The maximum Gasteiger partial charge on any atom is 0.407 e. The lowest BCUT2D eigenvalue weighted by Gasteiger charge is -2.21. The van der Waals surface area contributed by atoms with E-state index >= 15 is 0 Å². The second-order valence-corrected chi connectivity index (χ2v) is 5.90. The molecule has 0 aromatic heterocycles. The predicted octanol–water partition coefficient (Wildman–Crippen LogP) is 3.21. The molecule has 0 radical (unpaired) electrons. The highest BCUT2D eigenvalue weighted by atomic mass is 16.6. The van der Waals surface area contributed by atoms with Gasteiger partial charge in [0.1, 0.15) is 5.60 Å². The summed E-state index contributed by atoms with van der Waals surface area (Å²) in [5, 5.41) is 2.77. The molecular weight excluding hydrogens is 240 g/mol. The molecule has 1 aromatic carbocycles. The molecule has 0 saturated carbocycles. The van der Waals surface area contributed by atoms with E-state index in [9.17, 15) is 4.79 Å². The summed E-state index contributed by atoms with van der Waals surface area (Å²) in [5.74, 6) is 0.190. The molecule has 0 saturated heterocycles. The average Bonchev–Trinajstić information content (AvgIpc) is 2.27. The van der Waals surface area contributed by atoms with Crippen molar-refractivity contribution >= 4 is 11.8 Å². The molecule has 0 aliphatic heterocycles. The quantitative estimate of drug-likeness (QED) is 0.824. The Kier molecular flexibility index (Phi) is 4.81. The van der Waals surface area contributed by atoms with Crippen LogP contribution in [0.15, 0.2) is 18.2 Å². The van der Waals surface area contributed by atoms with Crippen LogP contribution in [0.3, 0.4) is 0 Å². The minimum Gasteiger partial charge on any atom is -0.444 e. The van der Waals surface area contributed by atoms with Crippen LogP contribution in [-0.4, -0.2) is 18.2 Å². The highest BCUT2D eigenvalue weighted by Crippen LogP contribution is 2.20. The van der Waals surface area contributed by atoms with Crippen LogP contribution < -0.4 is 11.1 Å². The molecule has 0 heterocycles. The first-order chi connectivity index (χ1) is 8.69. The highest BCUT2D eigenvalue weighted by molar-refractivity contribution is 5.67. The normalized spacial score (nSPS) is 12.9. The molecule has 1 unspecified atom stereocenters. The zero-order chi connectivity index (χ0) is 14.6. The predicted molar refractivity (Wildman–Crippen MR) is 78.2 cm³/mol. The maximum absolute atomic E-state index is 11.6. The van der Waals surface area contributed by atoms with Crippen LogP contribution in [0.1, 0.15) is 44.7 Å². The molecule has 0 fully saturated rings. The molecule has 0 bridgehead atoms. The topological polar surface area (TPSA) is 64.3 Å². The summed E-state index contributed by atoms with van der Waals surface area (Å²) in [5.41, 5.74) is 8.37. The van der Waals surface area contributed by atoms with Crippen LogP contribution in [-0.2, 0) is 4.74 Å². The second kappa shape index (κ2) is 5.95. The fourth-order valence-corrected chi connectivity index (χ4v) is 1.63. The van der Waals surface area contributed by atoms with Crippen molar-refractivity contribution in [2.75, 3.05) is 12.3 Å². The van der Waals surface area contributed by atoms with Crippen molar-refractivity contribution < 1.29 is 9.53 Å². The van der Waals surface area contributed by atoms with Crippen LogP contribution in [0.25, 0.3) is 0 Å². The number of hydrogen-bond donors (Lipinski definition) is 2. The summed E-state index contributed by atoms with van der Waals surface area (Å²) in [6.07, 6.45) is -0.389. The number of anilines is 1. The first kappa shape index (κ1) is 15.3. The third kappa shape index (κ3) is 5.20. The fourth-order valence-electron chi connectivity index (χ4n) is 1.63. The first-order valence-corrected chi connectivity index (χ1v) is 6.52. The van der Waals surface area contributed by atoms with Gasteiger partial charge in [0.25, 0.3) is 0 Å². The smallest absolute Gasteiger partial charge is 0.407 e. The van der Waals surface area contributed by atoms with Crippen LogP contribution >= 0.6 is 0 Å². The number of nitrogen functional groups attached to an aromatic ring is 1. The third-order valence-electron chi connectivity index (χ3n) is 2.82. The van der Waals surface area contributed by atoms with Crippen molar-refractivity contribution in [1.82, 2.24) is 5.32 Å². The van der Waals surface area contributed by atoms with Gasteiger partial charge in [0.05, 0.1) is 0 Å². The van der Waals surface area contributed by atoms with Gasteiger partial charge >= 0.3 is 6.09 Å². The molecule has 19 heavy (non-hydrogen) atoms. The standard InChI is InChI=1S/C15H24N2O2/c1-10-6-7-12(8-13(10)16)11(2)9-17-14(18)19-15(3,4)5/h6-8,11H,9,16H2,1-5H3,(H,17,18). The minimum absolute atomic E-state index is 0.190. The van der Waals surface area contributed by atoms with E-state index in [2.05, 4.69) is 5.32 Å². The maximum atomic E-state index is 11.6. The Morgan fingerprint density at radius 3 is 2.58 bits per heavy atom. The summed E-state index contributed by atoms with van der Waals surface area (Å²) in [4.78, 5) is 11.6. The third-order valence-corrected chi connectivity index (χ3v) is 2.82. The largest absolute Gasteiger partial charge is 0.444 e. The fraction of sp³-hybridized carbons (Fsp3) is 0.533. The molecule has 0 spiro atoms. The molecule has 0 aliphatic rings. The molecule has 3 N–H and O–H groups in total. The number of hydrogen-bond acceptors (Lipinski definition) is 3. The molecule has 4 heteroatoms. The molecule has 4 nitrogen and oxygen atoms in total. The van der Waals surface area contributed by atoms with Gasteiger partial charge in [0, 0.05) is 12.2 Å². The Morgan fingerprint density at radius 1 is 1.42 bits per heavy atom. The van der Waals surface area contributed by atoms with E-state index in [1.54, 1.807) is 0 Å². The van der Waals surface area contributed by atoms with Crippen molar-refractivity contribution in [2.24, 2.45) is 0 Å². The SMILES string of the molecule is Cc1ccc(C(C)CNC(=O)OC(C)(C)C)cc1N. The summed E-state index contributed by atoms with van der Waals surface area (Å²) in [6.45, 7) is 10.1. The van der Waals surface area contributed by atoms with Gasteiger partial charge in [-0.15, -0.1) is 0 Å². The number of carbonyl (C=O) groups is 1. The van der Waals surface area contributed by atoms with Crippen LogP contribution in [0.4, 0.5) is 10.5 Å². The van der Waals surface area contributed by atoms with Crippen LogP contribution in [0, 0.1) is 6.92 Å². The number of amides is 1. The van der Waals surface area contributed by atoms with E-state index in [1.807, 2.05) is 52.8 Å². The zero-order valence-electron chi connectivity index (χ0n) is 12.4. The number of carbonyl (C=O) groups excluding carboxylic acids is 1. The van der Waals surface area contributed by atoms with Gasteiger partial charge in [-0.3, -0.25) is 0 Å². The number of aryl methyl sites for hydroxylation is 1. The Balaban J connectivity index is 2.53. The van der Waals surface area contributed by atoms with E-state index in [0.29, 0.717) is 6.54 Å². The van der Waals surface area contributed by atoms with Gasteiger partial charge in [-0.2, -0.15) is 0 Å². The average molecular weight is 264 g/mol. The van der Waals surface area contributed by atoms with Crippen molar-refractivity contribution in [3.05, 3.63) is 29.3 Å². The van der Waals surface area contributed by atoms with E-state index in [0.717, 1.165) is 16.8 Å².